The fourth-order valence-electron chi connectivity index (χ4n) is 6.56. The summed E-state index contributed by atoms with van der Waals surface area (Å²) in [6.45, 7) is 20.1. The van der Waals surface area contributed by atoms with Crippen LogP contribution in [-0.2, 0) is 13.1 Å². The third-order valence-electron chi connectivity index (χ3n) is 8.28. The van der Waals surface area contributed by atoms with E-state index in [2.05, 4.69) is 83.4 Å². The molecule has 1 aromatic carbocycles. The lowest BCUT2D eigenvalue weighted by atomic mass is 9.71. The van der Waals surface area contributed by atoms with Crippen LogP contribution >= 0.6 is 0 Å². The van der Waals surface area contributed by atoms with E-state index in [0.29, 0.717) is 5.46 Å². The van der Waals surface area contributed by atoms with Gasteiger partial charge in [-0.3, -0.25) is 9.80 Å². The maximum atomic E-state index is 10.5. The van der Waals surface area contributed by atoms with Gasteiger partial charge < -0.3 is 10.0 Å². The van der Waals surface area contributed by atoms with E-state index in [4.69, 9.17) is 0 Å². The first-order chi connectivity index (χ1) is 14.2. The summed E-state index contributed by atoms with van der Waals surface area (Å²) in [4.78, 5) is 5.15. The van der Waals surface area contributed by atoms with Crippen LogP contribution in [0.25, 0.3) is 0 Å². The molecule has 0 aromatic heterocycles. The highest BCUT2D eigenvalue weighted by atomic mass is 16.4. The second-order valence-corrected chi connectivity index (χ2v) is 12.5. The largest absolute Gasteiger partial charge is 0.489 e. The molecule has 31 heavy (non-hydrogen) atoms. The Hall–Kier alpha value is -0.875. The van der Waals surface area contributed by atoms with Gasteiger partial charge in [0.15, 0.2) is 0 Å². The summed E-state index contributed by atoms with van der Waals surface area (Å²) < 4.78 is 0. The molecule has 0 atom stereocenters. The van der Waals surface area contributed by atoms with Gasteiger partial charge in [0, 0.05) is 35.2 Å². The number of nitrogens with zero attached hydrogens (tertiary/aromatic N) is 2. The van der Waals surface area contributed by atoms with E-state index >= 15 is 0 Å². The first-order valence-corrected chi connectivity index (χ1v) is 12.2. The van der Waals surface area contributed by atoms with Gasteiger partial charge in [0.1, 0.15) is 0 Å². The maximum absolute atomic E-state index is 10.5. The molecule has 0 unspecified atom stereocenters. The zero-order chi connectivity index (χ0) is 23.2. The van der Waals surface area contributed by atoms with Crippen molar-refractivity contribution in [2.45, 2.75) is 129 Å². The Kier molecular flexibility index (Phi) is 6.77. The van der Waals surface area contributed by atoms with E-state index in [1.165, 1.54) is 38.5 Å². The minimum absolute atomic E-state index is 0.0896. The first-order valence-electron chi connectivity index (χ1n) is 12.2. The molecule has 3 rings (SSSR count). The number of likely N-dealkylation sites (tertiary alicyclic amines) is 2. The Labute approximate surface area is 191 Å². The molecule has 0 bridgehead atoms. The van der Waals surface area contributed by atoms with Crippen LogP contribution in [0.4, 0.5) is 0 Å². The lowest BCUT2D eigenvalue weighted by Gasteiger charge is -2.54. The van der Waals surface area contributed by atoms with Gasteiger partial charge in [0.05, 0.1) is 0 Å². The van der Waals surface area contributed by atoms with Crippen LogP contribution in [0, 0.1) is 0 Å². The molecule has 2 fully saturated rings. The quantitative estimate of drug-likeness (QED) is 0.681. The number of hydrogen-bond donors (Lipinski definition) is 2. The van der Waals surface area contributed by atoms with Crippen molar-refractivity contribution in [1.82, 2.24) is 9.80 Å². The first kappa shape index (κ1) is 24.8. The van der Waals surface area contributed by atoms with Crippen molar-refractivity contribution in [2.75, 3.05) is 0 Å². The van der Waals surface area contributed by atoms with E-state index in [9.17, 15) is 10.0 Å². The van der Waals surface area contributed by atoms with Gasteiger partial charge in [-0.15, -0.1) is 0 Å². The van der Waals surface area contributed by atoms with Crippen molar-refractivity contribution in [3.8, 4) is 0 Å². The lowest BCUT2D eigenvalue weighted by molar-refractivity contribution is -0.0349. The standard InChI is InChI=1S/C26H45BN2O2/c1-23(2)14-10-15-24(3,4)28(23)18-20-12-9-13-21(22(20)27(30)31)19-29-25(5,6)16-11-17-26(29,7)8/h9,12-13,30-31H,10-11,14-19H2,1-8H3. The van der Waals surface area contributed by atoms with E-state index < -0.39 is 7.12 Å². The van der Waals surface area contributed by atoms with Crippen LogP contribution in [0.2, 0.25) is 0 Å². The van der Waals surface area contributed by atoms with Crippen LogP contribution in [0.1, 0.15) is 105 Å². The van der Waals surface area contributed by atoms with Gasteiger partial charge in [-0.25, -0.2) is 0 Å². The highest BCUT2D eigenvalue weighted by molar-refractivity contribution is 6.59. The predicted molar refractivity (Wildman–Crippen MR) is 131 cm³/mol. The molecule has 0 amide bonds. The van der Waals surface area contributed by atoms with Gasteiger partial charge in [0.25, 0.3) is 0 Å². The number of rotatable bonds is 5. The molecule has 2 aliphatic heterocycles. The fraction of sp³-hybridized carbons (Fsp3) is 0.769. The van der Waals surface area contributed by atoms with Crippen LogP contribution in [0.5, 0.6) is 0 Å². The summed E-state index contributed by atoms with van der Waals surface area (Å²) in [6.07, 6.45) is 7.16. The van der Waals surface area contributed by atoms with Crippen LogP contribution in [-0.4, -0.2) is 49.1 Å². The molecule has 0 radical (unpaired) electrons. The molecule has 5 heteroatoms. The van der Waals surface area contributed by atoms with Gasteiger partial charge >= 0.3 is 7.12 Å². The van der Waals surface area contributed by atoms with Crippen molar-refractivity contribution < 1.29 is 10.0 Å². The molecule has 0 spiro atoms. The minimum atomic E-state index is -1.46. The molecule has 0 saturated carbocycles. The average molecular weight is 428 g/mol. The smallest absolute Gasteiger partial charge is 0.423 e. The van der Waals surface area contributed by atoms with Crippen molar-refractivity contribution in [3.05, 3.63) is 29.3 Å². The molecule has 1 aromatic rings. The third-order valence-corrected chi connectivity index (χ3v) is 8.28. The fourth-order valence-corrected chi connectivity index (χ4v) is 6.56. The van der Waals surface area contributed by atoms with Gasteiger partial charge in [-0.2, -0.15) is 0 Å². The summed E-state index contributed by atoms with van der Waals surface area (Å²) in [5.74, 6) is 0. The molecule has 0 aliphatic carbocycles. The van der Waals surface area contributed by atoms with Gasteiger partial charge in [-0.05, 0) is 111 Å². The Balaban J connectivity index is 1.98. The molecule has 2 aliphatic rings. The summed E-state index contributed by atoms with van der Waals surface area (Å²) in [7, 11) is -1.46. The SMILES string of the molecule is CC1(C)CCCC(C)(C)N1Cc1cccc(CN2C(C)(C)CCCC2(C)C)c1B(O)O. The monoisotopic (exact) mass is 428 g/mol. The van der Waals surface area contributed by atoms with Crippen molar-refractivity contribution in [3.63, 3.8) is 0 Å². The molecular formula is C26H45BN2O2. The molecule has 4 nitrogen and oxygen atoms in total. The second kappa shape index (κ2) is 8.48. The minimum Gasteiger partial charge on any atom is -0.423 e. The van der Waals surface area contributed by atoms with Crippen LogP contribution < -0.4 is 5.46 Å². The summed E-state index contributed by atoms with van der Waals surface area (Å²) in [5.41, 5.74) is 3.15. The maximum Gasteiger partial charge on any atom is 0.489 e. The predicted octanol–water partition coefficient (Wildman–Crippen LogP) is 4.45. The average Bonchev–Trinajstić information content (AvgIpc) is 2.60. The van der Waals surface area contributed by atoms with E-state index in [-0.39, 0.29) is 22.2 Å². The van der Waals surface area contributed by atoms with Crippen molar-refractivity contribution >= 4 is 12.6 Å². The van der Waals surface area contributed by atoms with Gasteiger partial charge in [-0.1, -0.05) is 18.2 Å². The molecule has 174 valence electrons. The number of benzene rings is 1. The van der Waals surface area contributed by atoms with Gasteiger partial charge in [0.2, 0.25) is 0 Å². The van der Waals surface area contributed by atoms with E-state index in [1.807, 2.05) is 0 Å². The van der Waals surface area contributed by atoms with E-state index in [0.717, 1.165) is 24.2 Å². The third kappa shape index (κ3) is 5.05. The summed E-state index contributed by atoms with van der Waals surface area (Å²) in [6, 6.07) is 6.28. The second-order valence-electron chi connectivity index (χ2n) is 12.5. The topological polar surface area (TPSA) is 46.9 Å². The summed E-state index contributed by atoms with van der Waals surface area (Å²) >= 11 is 0. The van der Waals surface area contributed by atoms with Crippen LogP contribution in [0.3, 0.4) is 0 Å². The molecule has 2 N–H and O–H groups in total. The van der Waals surface area contributed by atoms with E-state index in [1.54, 1.807) is 0 Å². The van der Waals surface area contributed by atoms with Crippen molar-refractivity contribution in [1.29, 1.82) is 0 Å². The Morgan fingerprint density at radius 1 is 0.677 bits per heavy atom. The normalized spacial score (nSPS) is 25.4. The summed E-state index contributed by atoms with van der Waals surface area (Å²) in [5, 5.41) is 21.0. The Morgan fingerprint density at radius 3 is 1.29 bits per heavy atom. The molecular weight excluding hydrogens is 383 g/mol. The number of hydrogen-bond acceptors (Lipinski definition) is 4. The zero-order valence-electron chi connectivity index (χ0n) is 21.3. The van der Waals surface area contributed by atoms with Crippen LogP contribution in [0.15, 0.2) is 18.2 Å². The number of piperidine rings is 2. The lowest BCUT2D eigenvalue weighted by Crippen LogP contribution is -2.59. The highest BCUT2D eigenvalue weighted by Gasteiger charge is 2.43. The molecule has 2 saturated heterocycles. The zero-order valence-corrected chi connectivity index (χ0v) is 21.3. The van der Waals surface area contributed by atoms with Crippen molar-refractivity contribution in [2.24, 2.45) is 0 Å². The Morgan fingerprint density at radius 2 is 1.00 bits per heavy atom. The Bertz CT molecular complexity index is 695. The highest BCUT2D eigenvalue weighted by Crippen LogP contribution is 2.40. The molecule has 2 heterocycles.